The van der Waals surface area contributed by atoms with Crippen LogP contribution in [0.2, 0.25) is 0 Å². The second-order valence-electron chi connectivity index (χ2n) is 4.74. The van der Waals surface area contributed by atoms with Gasteiger partial charge in [-0.15, -0.1) is 0 Å². The highest BCUT2D eigenvalue weighted by atomic mass is 16.1. The van der Waals surface area contributed by atoms with Crippen LogP contribution in [0.25, 0.3) is 0 Å². The van der Waals surface area contributed by atoms with Crippen LogP contribution in [0.15, 0.2) is 42.5 Å². The monoisotopic (exact) mass is 283 g/mol. The lowest BCUT2D eigenvalue weighted by Gasteiger charge is -2.10. The predicted octanol–water partition coefficient (Wildman–Crippen LogP) is 3.01. The smallest absolute Gasteiger partial charge is 0.270 e. The summed E-state index contributed by atoms with van der Waals surface area (Å²) in [7, 11) is 0. The molecule has 21 heavy (non-hydrogen) atoms. The third-order valence-corrected chi connectivity index (χ3v) is 3.28. The molecule has 2 aromatic rings. The van der Waals surface area contributed by atoms with Gasteiger partial charge in [-0.25, -0.2) is 4.98 Å². The van der Waals surface area contributed by atoms with Crippen molar-refractivity contribution in [3.8, 4) is 0 Å². The first-order valence-corrected chi connectivity index (χ1v) is 7.30. The van der Waals surface area contributed by atoms with Gasteiger partial charge in [0.25, 0.3) is 5.91 Å². The maximum Gasteiger partial charge on any atom is 0.270 e. The van der Waals surface area contributed by atoms with E-state index >= 15 is 0 Å². The SMILES string of the molecule is CCNc1cccc(C(=O)NCc2ccccc2CC)n1. The zero-order valence-corrected chi connectivity index (χ0v) is 12.5. The fourth-order valence-corrected chi connectivity index (χ4v) is 2.18. The molecule has 0 unspecified atom stereocenters. The molecule has 4 heteroatoms. The largest absolute Gasteiger partial charge is 0.370 e. The van der Waals surface area contributed by atoms with Crippen LogP contribution < -0.4 is 10.6 Å². The number of pyridine rings is 1. The number of nitrogens with zero attached hydrogens (tertiary/aromatic N) is 1. The van der Waals surface area contributed by atoms with E-state index in [1.807, 2.05) is 37.3 Å². The number of hydrogen-bond acceptors (Lipinski definition) is 3. The summed E-state index contributed by atoms with van der Waals surface area (Å²) in [5.74, 6) is 0.569. The molecule has 0 aliphatic carbocycles. The zero-order chi connectivity index (χ0) is 15.1. The molecule has 0 aliphatic heterocycles. The van der Waals surface area contributed by atoms with Crippen molar-refractivity contribution >= 4 is 11.7 Å². The van der Waals surface area contributed by atoms with Crippen molar-refractivity contribution < 1.29 is 4.79 Å². The van der Waals surface area contributed by atoms with Crippen molar-refractivity contribution in [2.45, 2.75) is 26.8 Å². The molecule has 0 atom stereocenters. The van der Waals surface area contributed by atoms with Gasteiger partial charge in [-0.2, -0.15) is 0 Å². The van der Waals surface area contributed by atoms with Gasteiger partial charge in [0, 0.05) is 13.1 Å². The Morgan fingerprint density at radius 2 is 1.81 bits per heavy atom. The van der Waals surface area contributed by atoms with Crippen LogP contribution in [0.1, 0.15) is 35.5 Å². The Morgan fingerprint density at radius 1 is 1.05 bits per heavy atom. The molecular formula is C17H21N3O. The minimum absolute atomic E-state index is 0.152. The van der Waals surface area contributed by atoms with E-state index in [1.54, 1.807) is 6.07 Å². The molecule has 0 fully saturated rings. The molecule has 1 aromatic heterocycles. The average Bonchev–Trinajstić information content (AvgIpc) is 2.53. The van der Waals surface area contributed by atoms with Crippen LogP contribution in [-0.4, -0.2) is 17.4 Å². The molecule has 0 saturated heterocycles. The van der Waals surface area contributed by atoms with Gasteiger partial charge in [0.15, 0.2) is 0 Å². The second kappa shape index (κ2) is 7.43. The molecule has 2 N–H and O–H groups in total. The van der Waals surface area contributed by atoms with Gasteiger partial charge in [-0.3, -0.25) is 4.79 Å². The van der Waals surface area contributed by atoms with Gasteiger partial charge in [-0.1, -0.05) is 37.3 Å². The quantitative estimate of drug-likeness (QED) is 0.857. The molecule has 1 heterocycles. The first-order chi connectivity index (χ1) is 10.2. The van der Waals surface area contributed by atoms with Crippen molar-refractivity contribution in [2.75, 3.05) is 11.9 Å². The summed E-state index contributed by atoms with van der Waals surface area (Å²) in [6, 6.07) is 13.6. The number of carbonyl (C=O) groups excluding carboxylic acids is 1. The second-order valence-corrected chi connectivity index (χ2v) is 4.74. The molecule has 0 aliphatic rings. The Hall–Kier alpha value is -2.36. The summed E-state index contributed by atoms with van der Waals surface area (Å²) in [5.41, 5.74) is 2.84. The summed E-state index contributed by atoms with van der Waals surface area (Å²) in [4.78, 5) is 16.5. The fraction of sp³-hybridized carbons (Fsp3) is 0.294. The number of rotatable bonds is 6. The normalized spacial score (nSPS) is 10.2. The van der Waals surface area contributed by atoms with Crippen LogP contribution in [0.5, 0.6) is 0 Å². The Morgan fingerprint density at radius 3 is 2.52 bits per heavy atom. The molecule has 1 aromatic carbocycles. The maximum absolute atomic E-state index is 12.2. The van der Waals surface area contributed by atoms with Gasteiger partial charge in [0.1, 0.15) is 11.5 Å². The predicted molar refractivity (Wildman–Crippen MR) is 85.4 cm³/mol. The fourth-order valence-electron chi connectivity index (χ4n) is 2.18. The van der Waals surface area contributed by atoms with Crippen molar-refractivity contribution in [2.24, 2.45) is 0 Å². The molecule has 2 rings (SSSR count). The van der Waals surface area contributed by atoms with E-state index in [0.717, 1.165) is 24.3 Å². The van der Waals surface area contributed by atoms with Crippen LogP contribution in [-0.2, 0) is 13.0 Å². The number of benzene rings is 1. The van der Waals surface area contributed by atoms with Gasteiger partial charge in [0.05, 0.1) is 0 Å². The minimum Gasteiger partial charge on any atom is -0.370 e. The van der Waals surface area contributed by atoms with E-state index in [0.29, 0.717) is 12.2 Å². The highest BCUT2D eigenvalue weighted by Gasteiger charge is 2.08. The van der Waals surface area contributed by atoms with Crippen molar-refractivity contribution in [1.29, 1.82) is 0 Å². The van der Waals surface area contributed by atoms with E-state index in [9.17, 15) is 4.79 Å². The molecule has 0 saturated carbocycles. The van der Waals surface area contributed by atoms with Gasteiger partial charge >= 0.3 is 0 Å². The first kappa shape index (κ1) is 15.0. The minimum atomic E-state index is -0.152. The van der Waals surface area contributed by atoms with Crippen LogP contribution in [0.4, 0.5) is 5.82 Å². The molecular weight excluding hydrogens is 262 g/mol. The van der Waals surface area contributed by atoms with Gasteiger partial charge in [-0.05, 0) is 36.6 Å². The number of amides is 1. The number of carbonyl (C=O) groups is 1. The van der Waals surface area contributed by atoms with E-state index in [4.69, 9.17) is 0 Å². The molecule has 0 radical (unpaired) electrons. The first-order valence-electron chi connectivity index (χ1n) is 7.30. The van der Waals surface area contributed by atoms with E-state index in [1.165, 1.54) is 5.56 Å². The third kappa shape index (κ3) is 4.05. The topological polar surface area (TPSA) is 54.0 Å². The lowest BCUT2D eigenvalue weighted by molar-refractivity contribution is 0.0946. The van der Waals surface area contributed by atoms with Crippen LogP contribution in [0.3, 0.4) is 0 Å². The summed E-state index contributed by atoms with van der Waals surface area (Å²) in [6.45, 7) is 5.41. The summed E-state index contributed by atoms with van der Waals surface area (Å²) >= 11 is 0. The lowest BCUT2D eigenvalue weighted by atomic mass is 10.1. The zero-order valence-electron chi connectivity index (χ0n) is 12.5. The Balaban J connectivity index is 2.03. The van der Waals surface area contributed by atoms with Gasteiger partial charge in [0.2, 0.25) is 0 Å². The summed E-state index contributed by atoms with van der Waals surface area (Å²) < 4.78 is 0. The average molecular weight is 283 g/mol. The highest BCUT2D eigenvalue weighted by Crippen LogP contribution is 2.10. The standard InChI is InChI=1S/C17H21N3O/c1-3-13-8-5-6-9-14(13)12-19-17(21)15-10-7-11-16(20-15)18-4-2/h5-11H,3-4,12H2,1-2H3,(H,18,20)(H,19,21). The molecule has 110 valence electrons. The lowest BCUT2D eigenvalue weighted by Crippen LogP contribution is -2.24. The number of anilines is 1. The Labute approximate surface area is 125 Å². The summed E-state index contributed by atoms with van der Waals surface area (Å²) in [5, 5.41) is 6.03. The molecule has 4 nitrogen and oxygen atoms in total. The van der Waals surface area contributed by atoms with E-state index < -0.39 is 0 Å². The van der Waals surface area contributed by atoms with Crippen LogP contribution in [0, 0.1) is 0 Å². The van der Waals surface area contributed by atoms with Crippen molar-refractivity contribution in [1.82, 2.24) is 10.3 Å². The Kier molecular flexibility index (Phi) is 5.32. The third-order valence-electron chi connectivity index (χ3n) is 3.28. The Bertz CT molecular complexity index is 610. The highest BCUT2D eigenvalue weighted by molar-refractivity contribution is 5.92. The molecule has 0 spiro atoms. The maximum atomic E-state index is 12.2. The summed E-state index contributed by atoms with van der Waals surface area (Å²) in [6.07, 6.45) is 0.959. The number of aromatic nitrogens is 1. The van der Waals surface area contributed by atoms with Crippen LogP contribution >= 0.6 is 0 Å². The van der Waals surface area contributed by atoms with Crippen molar-refractivity contribution in [3.05, 3.63) is 59.3 Å². The number of hydrogen-bond donors (Lipinski definition) is 2. The van der Waals surface area contributed by atoms with E-state index in [2.05, 4.69) is 28.6 Å². The van der Waals surface area contributed by atoms with Crippen molar-refractivity contribution in [3.63, 3.8) is 0 Å². The molecule has 1 amide bonds. The molecule has 0 bridgehead atoms. The number of aryl methyl sites for hydroxylation is 1. The number of nitrogens with one attached hydrogen (secondary N) is 2. The van der Waals surface area contributed by atoms with E-state index in [-0.39, 0.29) is 5.91 Å². The van der Waals surface area contributed by atoms with Gasteiger partial charge < -0.3 is 10.6 Å².